The molecule has 6 heteroatoms. The number of halogens is 1. The number of hydrogen-bond donors (Lipinski definition) is 1. The van der Waals surface area contributed by atoms with Crippen molar-refractivity contribution in [2.24, 2.45) is 0 Å². The Balaban J connectivity index is 1.87. The standard InChI is InChI=1S/C14H22FNO4/c15-5-6-17-7-8-18-9-10-19-11-12-20-14-4-2-1-3-13(14)16/h1-4H,5-12,16H2. The van der Waals surface area contributed by atoms with Crippen LogP contribution in [0.1, 0.15) is 0 Å². The smallest absolute Gasteiger partial charge is 0.142 e. The number of para-hydroxylation sites is 2. The summed E-state index contributed by atoms with van der Waals surface area (Å²) >= 11 is 0. The van der Waals surface area contributed by atoms with Crippen molar-refractivity contribution in [1.82, 2.24) is 0 Å². The molecule has 20 heavy (non-hydrogen) atoms. The van der Waals surface area contributed by atoms with Gasteiger partial charge in [-0.2, -0.15) is 0 Å². The van der Waals surface area contributed by atoms with E-state index in [1.165, 1.54) is 0 Å². The lowest BCUT2D eigenvalue weighted by atomic mass is 10.3. The van der Waals surface area contributed by atoms with Crippen molar-refractivity contribution in [3.63, 3.8) is 0 Å². The van der Waals surface area contributed by atoms with Gasteiger partial charge in [0.2, 0.25) is 0 Å². The maximum Gasteiger partial charge on any atom is 0.142 e. The molecule has 1 aromatic rings. The van der Waals surface area contributed by atoms with Crippen molar-refractivity contribution in [3.8, 4) is 5.75 Å². The van der Waals surface area contributed by atoms with Crippen LogP contribution >= 0.6 is 0 Å². The predicted molar refractivity (Wildman–Crippen MR) is 74.8 cm³/mol. The average Bonchev–Trinajstić information content (AvgIpc) is 2.46. The van der Waals surface area contributed by atoms with E-state index in [-0.39, 0.29) is 6.61 Å². The van der Waals surface area contributed by atoms with Crippen molar-refractivity contribution in [2.45, 2.75) is 0 Å². The van der Waals surface area contributed by atoms with Crippen LogP contribution in [0.2, 0.25) is 0 Å². The summed E-state index contributed by atoms with van der Waals surface area (Å²) in [4.78, 5) is 0. The zero-order valence-electron chi connectivity index (χ0n) is 11.6. The molecule has 0 aromatic heterocycles. The second kappa shape index (κ2) is 11.5. The highest BCUT2D eigenvalue weighted by Crippen LogP contribution is 2.19. The van der Waals surface area contributed by atoms with E-state index in [0.717, 1.165) is 0 Å². The van der Waals surface area contributed by atoms with Crippen LogP contribution in [0.5, 0.6) is 5.75 Å². The second-order valence-corrected chi connectivity index (χ2v) is 3.91. The normalized spacial score (nSPS) is 10.7. The van der Waals surface area contributed by atoms with Crippen molar-refractivity contribution in [3.05, 3.63) is 24.3 Å². The van der Waals surface area contributed by atoms with Crippen LogP contribution in [0.4, 0.5) is 10.1 Å². The molecule has 0 atom stereocenters. The minimum Gasteiger partial charge on any atom is -0.489 e. The first-order valence-corrected chi connectivity index (χ1v) is 6.61. The molecule has 0 aliphatic carbocycles. The van der Waals surface area contributed by atoms with Gasteiger partial charge < -0.3 is 24.7 Å². The van der Waals surface area contributed by atoms with Crippen LogP contribution in [0.3, 0.4) is 0 Å². The topological polar surface area (TPSA) is 62.9 Å². The zero-order valence-corrected chi connectivity index (χ0v) is 11.6. The van der Waals surface area contributed by atoms with E-state index in [1.54, 1.807) is 6.07 Å². The summed E-state index contributed by atoms with van der Waals surface area (Å²) in [6.45, 7) is 2.38. The molecule has 5 nitrogen and oxygen atoms in total. The molecule has 2 N–H and O–H groups in total. The molecule has 0 fully saturated rings. The Morgan fingerprint density at radius 3 is 1.95 bits per heavy atom. The summed E-state index contributed by atoms with van der Waals surface area (Å²) in [7, 11) is 0. The van der Waals surface area contributed by atoms with E-state index in [9.17, 15) is 4.39 Å². The van der Waals surface area contributed by atoms with Crippen LogP contribution in [0.15, 0.2) is 24.3 Å². The van der Waals surface area contributed by atoms with Crippen molar-refractivity contribution < 1.29 is 23.3 Å². The lowest BCUT2D eigenvalue weighted by Gasteiger charge is -2.09. The van der Waals surface area contributed by atoms with Gasteiger partial charge in [0.05, 0.1) is 45.3 Å². The van der Waals surface area contributed by atoms with Gasteiger partial charge in [-0.15, -0.1) is 0 Å². The molecular formula is C14H22FNO4. The van der Waals surface area contributed by atoms with E-state index in [2.05, 4.69) is 0 Å². The fraction of sp³-hybridized carbons (Fsp3) is 0.571. The number of ether oxygens (including phenoxy) is 4. The van der Waals surface area contributed by atoms with Crippen LogP contribution in [0.25, 0.3) is 0 Å². The van der Waals surface area contributed by atoms with Crippen molar-refractivity contribution in [2.75, 3.05) is 58.7 Å². The Morgan fingerprint density at radius 1 is 0.800 bits per heavy atom. The Bertz CT molecular complexity index is 352. The molecule has 0 saturated heterocycles. The molecule has 0 spiro atoms. The monoisotopic (exact) mass is 287 g/mol. The molecule has 0 radical (unpaired) electrons. The lowest BCUT2D eigenvalue weighted by Crippen LogP contribution is -2.13. The fourth-order valence-electron chi connectivity index (χ4n) is 1.42. The van der Waals surface area contributed by atoms with Gasteiger partial charge in [0.25, 0.3) is 0 Å². The van der Waals surface area contributed by atoms with Crippen LogP contribution in [0, 0.1) is 0 Å². The van der Waals surface area contributed by atoms with Gasteiger partial charge >= 0.3 is 0 Å². The van der Waals surface area contributed by atoms with Crippen molar-refractivity contribution in [1.29, 1.82) is 0 Å². The molecule has 0 bridgehead atoms. The summed E-state index contributed by atoms with van der Waals surface area (Å²) in [5.74, 6) is 0.664. The van der Waals surface area contributed by atoms with Gasteiger partial charge in [-0.3, -0.25) is 0 Å². The third-order valence-corrected chi connectivity index (χ3v) is 2.37. The van der Waals surface area contributed by atoms with E-state index >= 15 is 0 Å². The quantitative estimate of drug-likeness (QED) is 0.468. The molecule has 0 saturated carbocycles. The van der Waals surface area contributed by atoms with Gasteiger partial charge in [0.1, 0.15) is 19.0 Å². The van der Waals surface area contributed by atoms with Gasteiger partial charge in [-0.05, 0) is 12.1 Å². The largest absolute Gasteiger partial charge is 0.489 e. The molecule has 0 unspecified atom stereocenters. The van der Waals surface area contributed by atoms with E-state index < -0.39 is 6.67 Å². The second-order valence-electron chi connectivity index (χ2n) is 3.91. The minimum absolute atomic E-state index is 0.125. The van der Waals surface area contributed by atoms with E-state index in [1.807, 2.05) is 18.2 Å². The highest BCUT2D eigenvalue weighted by Gasteiger charge is 1.98. The molecule has 1 aromatic carbocycles. The van der Waals surface area contributed by atoms with E-state index in [4.69, 9.17) is 24.7 Å². The summed E-state index contributed by atoms with van der Waals surface area (Å²) in [5, 5.41) is 0. The van der Waals surface area contributed by atoms with Crippen LogP contribution in [-0.4, -0.2) is 52.9 Å². The maximum absolute atomic E-state index is 11.7. The fourth-order valence-corrected chi connectivity index (χ4v) is 1.42. The molecule has 114 valence electrons. The Hall–Kier alpha value is -1.37. The predicted octanol–water partition coefficient (Wildman–Crippen LogP) is 1.67. The van der Waals surface area contributed by atoms with Crippen LogP contribution < -0.4 is 10.5 Å². The number of benzene rings is 1. The van der Waals surface area contributed by atoms with Gasteiger partial charge in [-0.25, -0.2) is 4.39 Å². The maximum atomic E-state index is 11.7. The van der Waals surface area contributed by atoms with Gasteiger partial charge in [0.15, 0.2) is 0 Å². The SMILES string of the molecule is Nc1ccccc1OCCOCCOCCOCCF. The average molecular weight is 287 g/mol. The third-order valence-electron chi connectivity index (χ3n) is 2.37. The summed E-state index contributed by atoms with van der Waals surface area (Å²) in [6, 6.07) is 7.32. The highest BCUT2D eigenvalue weighted by molar-refractivity contribution is 5.51. The molecule has 1 rings (SSSR count). The van der Waals surface area contributed by atoms with Crippen molar-refractivity contribution >= 4 is 5.69 Å². The number of anilines is 1. The first-order valence-electron chi connectivity index (χ1n) is 6.61. The highest BCUT2D eigenvalue weighted by atomic mass is 19.1. The van der Waals surface area contributed by atoms with Gasteiger partial charge in [-0.1, -0.05) is 12.1 Å². The zero-order chi connectivity index (χ0) is 14.5. The Kier molecular flexibility index (Phi) is 9.56. The molecular weight excluding hydrogens is 265 g/mol. The number of alkyl halides is 1. The number of hydrogen-bond acceptors (Lipinski definition) is 5. The first kappa shape index (κ1) is 16.7. The number of rotatable bonds is 12. The Morgan fingerprint density at radius 2 is 1.35 bits per heavy atom. The summed E-state index contributed by atoms with van der Waals surface area (Å²) in [6.07, 6.45) is 0. The molecule has 0 amide bonds. The van der Waals surface area contributed by atoms with Crippen LogP contribution in [-0.2, 0) is 14.2 Å². The molecule has 0 aliphatic rings. The third kappa shape index (κ3) is 7.93. The summed E-state index contributed by atoms with van der Waals surface area (Å²) in [5.41, 5.74) is 6.34. The summed E-state index contributed by atoms with van der Waals surface area (Å²) < 4.78 is 32.6. The Labute approximate surface area is 118 Å². The first-order chi connectivity index (χ1) is 9.84. The molecule has 0 aliphatic heterocycles. The lowest BCUT2D eigenvalue weighted by molar-refractivity contribution is 0.00754. The van der Waals surface area contributed by atoms with E-state index in [0.29, 0.717) is 51.1 Å². The minimum atomic E-state index is -0.463. The number of nitrogens with two attached hydrogens (primary N) is 1. The molecule has 0 heterocycles. The van der Waals surface area contributed by atoms with Gasteiger partial charge in [0, 0.05) is 0 Å². The number of nitrogen functional groups attached to an aromatic ring is 1.